The van der Waals surface area contributed by atoms with E-state index in [1.807, 2.05) is 6.92 Å². The quantitative estimate of drug-likeness (QED) is 0.822. The molecule has 1 atom stereocenters. The van der Waals surface area contributed by atoms with Crippen molar-refractivity contribution in [3.8, 4) is 12.3 Å². The lowest BCUT2D eigenvalue weighted by Gasteiger charge is -2.37. The maximum absolute atomic E-state index is 12.8. The molecule has 1 aliphatic heterocycles. The van der Waals surface area contributed by atoms with Gasteiger partial charge in [0.1, 0.15) is 0 Å². The van der Waals surface area contributed by atoms with E-state index in [4.69, 9.17) is 6.42 Å². The summed E-state index contributed by atoms with van der Waals surface area (Å²) in [7, 11) is 0. The van der Waals surface area contributed by atoms with Crippen LogP contribution in [0.15, 0.2) is 24.3 Å². The number of nitrogens with zero attached hydrogens (tertiary/aromatic N) is 2. The van der Waals surface area contributed by atoms with Crippen LogP contribution in [0.25, 0.3) is 0 Å². The summed E-state index contributed by atoms with van der Waals surface area (Å²) < 4.78 is 38.3. The van der Waals surface area contributed by atoms with Crippen LogP contribution >= 0.6 is 0 Å². The predicted octanol–water partition coefficient (Wildman–Crippen LogP) is 1.96. The molecule has 25 heavy (non-hydrogen) atoms. The highest BCUT2D eigenvalue weighted by Crippen LogP contribution is 2.29. The molecule has 0 radical (unpaired) electrons. The molecule has 4 nitrogen and oxygen atoms in total. The number of amides is 1. The number of benzene rings is 1. The van der Waals surface area contributed by atoms with Crippen molar-refractivity contribution in [2.45, 2.75) is 25.7 Å². The van der Waals surface area contributed by atoms with Crippen LogP contribution < -0.4 is 5.32 Å². The lowest BCUT2D eigenvalue weighted by Crippen LogP contribution is -2.53. The Kier molecular flexibility index (Phi) is 6.45. The standard InChI is InChI=1S/C18H22F3N3O/c1-3-7-22-17(25)14(2)24-10-8-23(9-11-24)13-15-5-4-6-16(12-15)18(19,20)21/h1,4-6,12,14H,7-11,13H2,2H3,(H,22,25). The van der Waals surface area contributed by atoms with Crippen molar-refractivity contribution in [3.05, 3.63) is 35.4 Å². The molecule has 0 bridgehead atoms. The molecule has 1 heterocycles. The molecule has 1 fully saturated rings. The van der Waals surface area contributed by atoms with Crippen molar-refractivity contribution >= 4 is 5.91 Å². The second-order valence-corrected chi connectivity index (χ2v) is 6.11. The Morgan fingerprint density at radius 3 is 2.60 bits per heavy atom. The molecule has 136 valence electrons. The molecule has 1 amide bonds. The number of halogens is 3. The number of terminal acetylenes is 1. The molecule has 1 aromatic carbocycles. The minimum absolute atomic E-state index is 0.107. The van der Waals surface area contributed by atoms with Gasteiger partial charge in [0, 0.05) is 32.7 Å². The molecule has 0 aliphatic carbocycles. The maximum atomic E-state index is 12.8. The van der Waals surface area contributed by atoms with E-state index < -0.39 is 11.7 Å². The first-order valence-corrected chi connectivity index (χ1v) is 8.15. The number of hydrogen-bond acceptors (Lipinski definition) is 3. The first kappa shape index (κ1) is 19.3. The summed E-state index contributed by atoms with van der Waals surface area (Å²) in [6.07, 6.45) is 0.805. The van der Waals surface area contributed by atoms with Gasteiger partial charge < -0.3 is 5.32 Å². The van der Waals surface area contributed by atoms with Crippen molar-refractivity contribution in [1.29, 1.82) is 0 Å². The fourth-order valence-corrected chi connectivity index (χ4v) is 2.86. The number of alkyl halides is 3. The molecule has 1 N–H and O–H groups in total. The average Bonchev–Trinajstić information content (AvgIpc) is 2.59. The molecule has 0 saturated carbocycles. The van der Waals surface area contributed by atoms with Gasteiger partial charge in [-0.3, -0.25) is 14.6 Å². The lowest BCUT2D eigenvalue weighted by atomic mass is 10.1. The third-order valence-electron chi connectivity index (χ3n) is 4.36. The normalized spacial score (nSPS) is 17.7. The number of carbonyl (C=O) groups excluding carboxylic acids is 1. The minimum Gasteiger partial charge on any atom is -0.344 e. The monoisotopic (exact) mass is 353 g/mol. The fraction of sp³-hybridized carbons (Fsp3) is 0.500. The summed E-state index contributed by atoms with van der Waals surface area (Å²) in [5, 5.41) is 2.66. The van der Waals surface area contributed by atoms with Gasteiger partial charge in [-0.2, -0.15) is 13.2 Å². The van der Waals surface area contributed by atoms with Gasteiger partial charge in [-0.05, 0) is 18.6 Å². The van der Waals surface area contributed by atoms with Gasteiger partial charge >= 0.3 is 6.18 Å². The van der Waals surface area contributed by atoms with Gasteiger partial charge in [-0.15, -0.1) is 6.42 Å². The van der Waals surface area contributed by atoms with Crippen molar-refractivity contribution in [1.82, 2.24) is 15.1 Å². The van der Waals surface area contributed by atoms with Crippen LogP contribution in [0.1, 0.15) is 18.1 Å². The summed E-state index contributed by atoms with van der Waals surface area (Å²) in [5.74, 6) is 2.26. The largest absolute Gasteiger partial charge is 0.416 e. The zero-order chi connectivity index (χ0) is 18.4. The second kappa shape index (κ2) is 8.37. The fourth-order valence-electron chi connectivity index (χ4n) is 2.86. The summed E-state index contributed by atoms with van der Waals surface area (Å²) in [5.41, 5.74) is 0.0190. The molecule has 2 rings (SSSR count). The Morgan fingerprint density at radius 1 is 1.32 bits per heavy atom. The Labute approximate surface area is 146 Å². The molecule has 1 aliphatic rings. The Bertz CT molecular complexity index is 631. The van der Waals surface area contributed by atoms with Gasteiger partial charge in [0.15, 0.2) is 0 Å². The Hall–Kier alpha value is -2.04. The van der Waals surface area contributed by atoms with Crippen LogP contribution in [0, 0.1) is 12.3 Å². The van der Waals surface area contributed by atoms with Gasteiger partial charge in [-0.1, -0.05) is 24.1 Å². The Balaban J connectivity index is 1.87. The van der Waals surface area contributed by atoms with E-state index in [9.17, 15) is 18.0 Å². The molecular formula is C18H22F3N3O. The van der Waals surface area contributed by atoms with E-state index in [1.54, 1.807) is 6.07 Å². The van der Waals surface area contributed by atoms with E-state index in [0.717, 1.165) is 6.07 Å². The zero-order valence-corrected chi connectivity index (χ0v) is 14.1. The predicted molar refractivity (Wildman–Crippen MR) is 89.6 cm³/mol. The zero-order valence-electron chi connectivity index (χ0n) is 14.1. The summed E-state index contributed by atoms with van der Waals surface area (Å²) in [6, 6.07) is 5.15. The number of hydrogen-bond donors (Lipinski definition) is 1. The van der Waals surface area contributed by atoms with Crippen LogP contribution in [0.3, 0.4) is 0 Å². The summed E-state index contributed by atoms with van der Waals surface area (Å²) >= 11 is 0. The van der Waals surface area contributed by atoms with Crippen LogP contribution in [0.2, 0.25) is 0 Å². The number of piperazine rings is 1. The third-order valence-corrected chi connectivity index (χ3v) is 4.36. The highest BCUT2D eigenvalue weighted by atomic mass is 19.4. The lowest BCUT2D eigenvalue weighted by molar-refractivity contribution is -0.137. The maximum Gasteiger partial charge on any atom is 0.416 e. The minimum atomic E-state index is -4.32. The molecule has 1 saturated heterocycles. The third kappa shape index (κ3) is 5.48. The van der Waals surface area contributed by atoms with E-state index in [0.29, 0.717) is 38.3 Å². The van der Waals surface area contributed by atoms with Crippen molar-refractivity contribution < 1.29 is 18.0 Å². The van der Waals surface area contributed by atoms with Crippen LogP contribution in [0.5, 0.6) is 0 Å². The van der Waals surface area contributed by atoms with Crippen molar-refractivity contribution in [3.63, 3.8) is 0 Å². The Morgan fingerprint density at radius 2 is 2.00 bits per heavy atom. The molecule has 1 unspecified atom stereocenters. The van der Waals surface area contributed by atoms with Crippen LogP contribution in [-0.4, -0.2) is 54.5 Å². The second-order valence-electron chi connectivity index (χ2n) is 6.11. The van der Waals surface area contributed by atoms with E-state index in [-0.39, 0.29) is 18.5 Å². The number of nitrogens with one attached hydrogen (secondary N) is 1. The van der Waals surface area contributed by atoms with Crippen LogP contribution in [-0.2, 0) is 17.5 Å². The molecule has 7 heteroatoms. The van der Waals surface area contributed by atoms with E-state index in [2.05, 4.69) is 21.0 Å². The SMILES string of the molecule is C#CCNC(=O)C(C)N1CCN(Cc2cccc(C(F)(F)F)c2)CC1. The highest BCUT2D eigenvalue weighted by molar-refractivity contribution is 5.81. The van der Waals surface area contributed by atoms with E-state index in [1.165, 1.54) is 12.1 Å². The highest BCUT2D eigenvalue weighted by Gasteiger charge is 2.30. The molecule has 0 aromatic heterocycles. The topological polar surface area (TPSA) is 35.6 Å². The molecule has 1 aromatic rings. The number of rotatable bonds is 5. The number of carbonyl (C=O) groups is 1. The van der Waals surface area contributed by atoms with Gasteiger partial charge in [0.05, 0.1) is 18.2 Å². The van der Waals surface area contributed by atoms with Crippen LogP contribution in [0.4, 0.5) is 13.2 Å². The summed E-state index contributed by atoms with van der Waals surface area (Å²) in [6.45, 7) is 5.27. The smallest absolute Gasteiger partial charge is 0.344 e. The van der Waals surface area contributed by atoms with Gasteiger partial charge in [0.25, 0.3) is 0 Å². The average molecular weight is 353 g/mol. The first-order valence-electron chi connectivity index (χ1n) is 8.15. The summed E-state index contributed by atoms with van der Waals surface area (Å²) in [4.78, 5) is 16.1. The molecular weight excluding hydrogens is 331 g/mol. The van der Waals surface area contributed by atoms with Crippen molar-refractivity contribution in [2.24, 2.45) is 0 Å². The van der Waals surface area contributed by atoms with Crippen molar-refractivity contribution in [2.75, 3.05) is 32.7 Å². The first-order chi connectivity index (χ1) is 11.8. The van der Waals surface area contributed by atoms with Gasteiger partial charge in [-0.25, -0.2) is 0 Å². The molecule has 0 spiro atoms. The van der Waals surface area contributed by atoms with E-state index >= 15 is 0 Å². The van der Waals surface area contributed by atoms with Gasteiger partial charge in [0.2, 0.25) is 5.91 Å².